The largest absolute Gasteiger partial charge is 0.366 e. The Bertz CT molecular complexity index is 818. The highest BCUT2D eigenvalue weighted by molar-refractivity contribution is 9.10. The summed E-state index contributed by atoms with van der Waals surface area (Å²) in [4.78, 5) is 13.5. The van der Waals surface area contributed by atoms with Gasteiger partial charge in [0, 0.05) is 40.6 Å². The summed E-state index contributed by atoms with van der Waals surface area (Å²) in [5, 5.41) is 3.23. The van der Waals surface area contributed by atoms with Crippen LogP contribution in [-0.4, -0.2) is 21.5 Å². The summed E-state index contributed by atoms with van der Waals surface area (Å²) < 4.78 is 0.912. The van der Waals surface area contributed by atoms with E-state index in [0.29, 0.717) is 12.4 Å². The van der Waals surface area contributed by atoms with Gasteiger partial charge in [-0.05, 0) is 22.0 Å². The van der Waals surface area contributed by atoms with Gasteiger partial charge in [-0.25, -0.2) is 9.97 Å². The number of nitrogens with one attached hydrogen (secondary N) is 1. The summed E-state index contributed by atoms with van der Waals surface area (Å²) >= 11 is 3.45. The monoisotopic (exact) mass is 366 g/mol. The van der Waals surface area contributed by atoms with E-state index in [1.807, 2.05) is 42.5 Å². The van der Waals surface area contributed by atoms with Crippen molar-refractivity contribution in [2.45, 2.75) is 0 Å². The second-order valence-corrected chi connectivity index (χ2v) is 5.81. The molecule has 0 amide bonds. The first kappa shape index (κ1) is 15.4. The molecule has 0 spiro atoms. The third-order valence-corrected chi connectivity index (χ3v) is 3.62. The van der Waals surface area contributed by atoms with Gasteiger partial charge in [-0.3, -0.25) is 4.98 Å². The molecule has 114 valence electrons. The Kier molecular flexibility index (Phi) is 4.78. The minimum absolute atomic E-state index is 0.640. The van der Waals surface area contributed by atoms with E-state index < -0.39 is 0 Å². The number of nitrogens with zero attached hydrogens (tertiary/aromatic N) is 3. The van der Waals surface area contributed by atoms with E-state index in [9.17, 15) is 0 Å². The summed E-state index contributed by atoms with van der Waals surface area (Å²) in [5.41, 5.74) is 2.72. The molecule has 0 aliphatic heterocycles. The minimum atomic E-state index is 0.640. The Hall–Kier alpha value is -2.53. The molecule has 3 rings (SSSR count). The lowest BCUT2D eigenvalue weighted by Gasteiger charge is -2.09. The van der Waals surface area contributed by atoms with Crippen LogP contribution in [0.4, 0.5) is 5.82 Å². The lowest BCUT2D eigenvalue weighted by Crippen LogP contribution is -2.03. The molecule has 0 aliphatic rings. The number of anilines is 1. The molecule has 0 saturated carbocycles. The predicted octanol–water partition coefficient (Wildman–Crippen LogP) is 4.57. The maximum absolute atomic E-state index is 4.69. The van der Waals surface area contributed by atoms with Crippen molar-refractivity contribution in [2.75, 3.05) is 11.9 Å². The van der Waals surface area contributed by atoms with Crippen molar-refractivity contribution in [3.05, 3.63) is 72.0 Å². The number of benzene rings is 1. The van der Waals surface area contributed by atoms with E-state index in [4.69, 9.17) is 0 Å². The average Bonchev–Trinajstić information content (AvgIpc) is 2.60. The lowest BCUT2D eigenvalue weighted by atomic mass is 10.1. The highest BCUT2D eigenvalue weighted by Gasteiger charge is 2.09. The molecule has 0 radical (unpaired) electrons. The molecule has 3 aromatic rings. The second-order valence-electron chi connectivity index (χ2n) is 4.89. The first-order valence-electron chi connectivity index (χ1n) is 7.16. The van der Waals surface area contributed by atoms with Crippen LogP contribution in [0.1, 0.15) is 0 Å². The third-order valence-electron chi connectivity index (χ3n) is 3.19. The molecule has 0 fully saturated rings. The first-order chi connectivity index (χ1) is 11.3. The van der Waals surface area contributed by atoms with Gasteiger partial charge in [-0.2, -0.15) is 0 Å². The number of pyridine rings is 1. The molecule has 0 unspecified atom stereocenters. The van der Waals surface area contributed by atoms with Gasteiger partial charge in [0.2, 0.25) is 0 Å². The van der Waals surface area contributed by atoms with Crippen molar-refractivity contribution in [1.29, 1.82) is 0 Å². The Morgan fingerprint density at radius 1 is 1.04 bits per heavy atom. The van der Waals surface area contributed by atoms with Crippen LogP contribution < -0.4 is 5.32 Å². The zero-order valence-corrected chi connectivity index (χ0v) is 14.0. The fourth-order valence-electron chi connectivity index (χ4n) is 2.13. The normalized spacial score (nSPS) is 10.3. The summed E-state index contributed by atoms with van der Waals surface area (Å²) in [6.45, 7) is 4.37. The minimum Gasteiger partial charge on any atom is -0.366 e. The smallest absolute Gasteiger partial charge is 0.162 e. The predicted molar refractivity (Wildman–Crippen MR) is 97.1 cm³/mol. The van der Waals surface area contributed by atoms with Gasteiger partial charge in [0.25, 0.3) is 0 Å². The molecule has 4 nitrogen and oxygen atoms in total. The number of halogens is 1. The average molecular weight is 367 g/mol. The molecule has 0 bridgehead atoms. The van der Waals surface area contributed by atoms with Crippen LogP contribution in [0.25, 0.3) is 22.6 Å². The van der Waals surface area contributed by atoms with Crippen molar-refractivity contribution in [3.8, 4) is 22.6 Å². The van der Waals surface area contributed by atoms with Crippen LogP contribution in [0.15, 0.2) is 72.0 Å². The Morgan fingerprint density at radius 3 is 2.61 bits per heavy atom. The number of hydrogen-bond acceptors (Lipinski definition) is 4. The van der Waals surface area contributed by atoms with Crippen LogP contribution >= 0.6 is 15.9 Å². The van der Waals surface area contributed by atoms with Crippen LogP contribution in [0.5, 0.6) is 0 Å². The summed E-state index contributed by atoms with van der Waals surface area (Å²) in [6, 6.07) is 13.8. The Balaban J connectivity index is 2.09. The molecule has 0 saturated heterocycles. The second kappa shape index (κ2) is 7.15. The highest BCUT2D eigenvalue weighted by Crippen LogP contribution is 2.25. The molecule has 23 heavy (non-hydrogen) atoms. The maximum atomic E-state index is 4.69. The van der Waals surface area contributed by atoms with E-state index in [1.54, 1.807) is 18.5 Å². The molecule has 2 heterocycles. The molecule has 5 heteroatoms. The van der Waals surface area contributed by atoms with Gasteiger partial charge >= 0.3 is 0 Å². The standard InChI is InChI=1S/C18H15BrN4/c1-2-8-21-17-10-16(14-9-15(19)12-20-11-14)22-18(23-17)13-6-4-3-5-7-13/h2-7,9-12H,1,8H2,(H,21,22,23). The summed E-state index contributed by atoms with van der Waals surface area (Å²) in [5.74, 6) is 1.43. The molecule has 1 N–H and O–H groups in total. The number of rotatable bonds is 5. The van der Waals surface area contributed by atoms with E-state index in [2.05, 4.69) is 42.8 Å². The van der Waals surface area contributed by atoms with E-state index >= 15 is 0 Å². The zero-order valence-electron chi connectivity index (χ0n) is 12.4. The molecule has 0 aliphatic carbocycles. The van der Waals surface area contributed by atoms with Gasteiger partial charge in [-0.15, -0.1) is 6.58 Å². The van der Waals surface area contributed by atoms with Crippen molar-refractivity contribution in [2.24, 2.45) is 0 Å². The Morgan fingerprint density at radius 2 is 1.87 bits per heavy atom. The molecular formula is C18H15BrN4. The first-order valence-corrected chi connectivity index (χ1v) is 7.96. The van der Waals surface area contributed by atoms with E-state index in [0.717, 1.165) is 27.1 Å². The number of hydrogen-bond donors (Lipinski definition) is 1. The molecule has 1 aromatic carbocycles. The molecule has 0 atom stereocenters. The lowest BCUT2D eigenvalue weighted by molar-refractivity contribution is 1.15. The van der Waals surface area contributed by atoms with Gasteiger partial charge in [0.05, 0.1) is 5.69 Å². The van der Waals surface area contributed by atoms with E-state index in [1.165, 1.54) is 0 Å². The topological polar surface area (TPSA) is 50.7 Å². The molecular weight excluding hydrogens is 352 g/mol. The summed E-state index contributed by atoms with van der Waals surface area (Å²) in [7, 11) is 0. The van der Waals surface area contributed by atoms with Gasteiger partial charge < -0.3 is 5.32 Å². The van der Waals surface area contributed by atoms with Crippen molar-refractivity contribution < 1.29 is 0 Å². The fraction of sp³-hybridized carbons (Fsp3) is 0.0556. The summed E-state index contributed by atoms with van der Waals surface area (Å²) in [6.07, 6.45) is 5.34. The van der Waals surface area contributed by atoms with Crippen LogP contribution in [0.3, 0.4) is 0 Å². The van der Waals surface area contributed by atoms with Crippen molar-refractivity contribution in [3.63, 3.8) is 0 Å². The van der Waals surface area contributed by atoms with Gasteiger partial charge in [0.1, 0.15) is 5.82 Å². The maximum Gasteiger partial charge on any atom is 0.162 e. The Labute approximate surface area is 143 Å². The van der Waals surface area contributed by atoms with Crippen LogP contribution in [0, 0.1) is 0 Å². The van der Waals surface area contributed by atoms with Crippen molar-refractivity contribution in [1.82, 2.24) is 15.0 Å². The fourth-order valence-corrected chi connectivity index (χ4v) is 2.50. The zero-order chi connectivity index (χ0) is 16.1. The van der Waals surface area contributed by atoms with Crippen LogP contribution in [0.2, 0.25) is 0 Å². The third kappa shape index (κ3) is 3.81. The van der Waals surface area contributed by atoms with E-state index in [-0.39, 0.29) is 0 Å². The molecule has 2 aromatic heterocycles. The quantitative estimate of drug-likeness (QED) is 0.672. The number of aromatic nitrogens is 3. The highest BCUT2D eigenvalue weighted by atomic mass is 79.9. The van der Waals surface area contributed by atoms with Gasteiger partial charge in [-0.1, -0.05) is 36.4 Å². The van der Waals surface area contributed by atoms with Gasteiger partial charge in [0.15, 0.2) is 5.82 Å². The SMILES string of the molecule is C=CCNc1cc(-c2cncc(Br)c2)nc(-c2ccccc2)n1. The van der Waals surface area contributed by atoms with Crippen LogP contribution in [-0.2, 0) is 0 Å². The van der Waals surface area contributed by atoms with Crippen molar-refractivity contribution >= 4 is 21.7 Å².